The highest BCUT2D eigenvalue weighted by molar-refractivity contribution is 7.09. The first-order valence-corrected chi connectivity index (χ1v) is 9.74. The van der Waals surface area contributed by atoms with Crippen LogP contribution in [0.25, 0.3) is 0 Å². The smallest absolute Gasteiger partial charge is 0.222 e. The number of rotatable bonds is 10. The van der Waals surface area contributed by atoms with Crippen LogP contribution in [-0.2, 0) is 11.2 Å². The van der Waals surface area contributed by atoms with Gasteiger partial charge in [-0.2, -0.15) is 0 Å². The average molecular weight is 341 g/mol. The van der Waals surface area contributed by atoms with Crippen LogP contribution in [0, 0.1) is 5.92 Å². The SMILES string of the molecule is CCCCC(=O)N(CC)C(CC(O)c1nc(CC)cs1)C(C)C. The molecule has 132 valence electrons. The summed E-state index contributed by atoms with van der Waals surface area (Å²) in [4.78, 5) is 18.9. The van der Waals surface area contributed by atoms with Crippen LogP contribution in [0.2, 0.25) is 0 Å². The van der Waals surface area contributed by atoms with Crippen molar-refractivity contribution in [3.63, 3.8) is 0 Å². The summed E-state index contributed by atoms with van der Waals surface area (Å²) < 4.78 is 0. The molecule has 1 heterocycles. The molecule has 0 fully saturated rings. The molecular formula is C18H32N2O2S. The lowest BCUT2D eigenvalue weighted by atomic mass is 9.95. The maximum atomic E-state index is 12.5. The van der Waals surface area contributed by atoms with E-state index < -0.39 is 6.10 Å². The van der Waals surface area contributed by atoms with Crippen LogP contribution in [0.4, 0.5) is 0 Å². The van der Waals surface area contributed by atoms with Crippen LogP contribution in [-0.4, -0.2) is 33.5 Å². The van der Waals surface area contributed by atoms with E-state index in [1.807, 2.05) is 17.2 Å². The standard InChI is InChI=1S/C18H32N2O2S/c1-6-9-10-17(22)20(8-3)15(13(4)5)11-16(21)18-19-14(7-2)12-23-18/h12-13,15-16,21H,6-11H2,1-5H3. The highest BCUT2D eigenvalue weighted by Gasteiger charge is 2.28. The Balaban J connectivity index is 2.81. The zero-order valence-electron chi connectivity index (χ0n) is 15.2. The third-order valence-electron chi connectivity index (χ3n) is 4.26. The molecule has 2 atom stereocenters. The first kappa shape index (κ1) is 20.1. The van der Waals surface area contributed by atoms with E-state index in [4.69, 9.17) is 0 Å². The number of nitrogens with zero attached hydrogens (tertiary/aromatic N) is 2. The lowest BCUT2D eigenvalue weighted by molar-refractivity contribution is -0.135. The third kappa shape index (κ3) is 5.88. The fraction of sp³-hybridized carbons (Fsp3) is 0.778. The molecule has 1 N–H and O–H groups in total. The molecule has 0 aliphatic heterocycles. The summed E-state index contributed by atoms with van der Waals surface area (Å²) >= 11 is 1.51. The molecule has 0 aliphatic carbocycles. The van der Waals surface area contributed by atoms with E-state index in [0.29, 0.717) is 25.3 Å². The quantitative estimate of drug-likeness (QED) is 0.695. The van der Waals surface area contributed by atoms with Crippen molar-refractivity contribution in [2.45, 2.75) is 78.9 Å². The van der Waals surface area contributed by atoms with Gasteiger partial charge in [0.05, 0.1) is 5.69 Å². The Morgan fingerprint density at radius 1 is 1.35 bits per heavy atom. The summed E-state index contributed by atoms with van der Waals surface area (Å²) in [5, 5.41) is 13.3. The molecule has 1 aromatic heterocycles. The third-order valence-corrected chi connectivity index (χ3v) is 5.25. The molecule has 1 aromatic rings. The molecule has 23 heavy (non-hydrogen) atoms. The minimum absolute atomic E-state index is 0.0494. The van der Waals surface area contributed by atoms with Gasteiger partial charge < -0.3 is 10.0 Å². The van der Waals surface area contributed by atoms with Crippen LogP contribution < -0.4 is 0 Å². The van der Waals surface area contributed by atoms with Crippen molar-refractivity contribution in [1.82, 2.24) is 9.88 Å². The normalized spacial score (nSPS) is 14.0. The predicted molar refractivity (Wildman–Crippen MR) is 96.6 cm³/mol. The van der Waals surface area contributed by atoms with Gasteiger partial charge >= 0.3 is 0 Å². The Morgan fingerprint density at radius 3 is 2.52 bits per heavy atom. The van der Waals surface area contributed by atoms with Crippen molar-refractivity contribution >= 4 is 17.2 Å². The molecule has 4 nitrogen and oxygen atoms in total. The van der Waals surface area contributed by atoms with Gasteiger partial charge in [-0.3, -0.25) is 4.79 Å². The second-order valence-electron chi connectivity index (χ2n) is 6.38. The van der Waals surface area contributed by atoms with Gasteiger partial charge in [0.1, 0.15) is 11.1 Å². The predicted octanol–water partition coefficient (Wildman–Crippen LogP) is 4.19. The van der Waals surface area contributed by atoms with Gasteiger partial charge in [-0.1, -0.05) is 34.1 Å². The van der Waals surface area contributed by atoms with E-state index in [1.165, 1.54) is 11.3 Å². The molecule has 0 aliphatic rings. The minimum Gasteiger partial charge on any atom is -0.386 e. The summed E-state index contributed by atoms with van der Waals surface area (Å²) in [6, 6.07) is 0.0494. The number of aryl methyl sites for hydroxylation is 1. The Hall–Kier alpha value is -0.940. The summed E-state index contributed by atoms with van der Waals surface area (Å²) in [6.45, 7) is 11.1. The fourth-order valence-corrected chi connectivity index (χ4v) is 3.69. The van der Waals surface area contributed by atoms with Gasteiger partial charge in [-0.15, -0.1) is 11.3 Å². The van der Waals surface area contributed by atoms with Crippen molar-refractivity contribution in [3.8, 4) is 0 Å². The van der Waals surface area contributed by atoms with Crippen molar-refractivity contribution < 1.29 is 9.90 Å². The van der Waals surface area contributed by atoms with Crippen molar-refractivity contribution in [2.24, 2.45) is 5.92 Å². The molecule has 0 bridgehead atoms. The van der Waals surface area contributed by atoms with Crippen molar-refractivity contribution in [2.75, 3.05) is 6.54 Å². The summed E-state index contributed by atoms with van der Waals surface area (Å²) in [5.74, 6) is 0.509. The van der Waals surface area contributed by atoms with Gasteiger partial charge in [0, 0.05) is 30.8 Å². The number of hydrogen-bond acceptors (Lipinski definition) is 4. The first-order valence-electron chi connectivity index (χ1n) is 8.86. The van der Waals surface area contributed by atoms with Gasteiger partial charge in [-0.05, 0) is 25.7 Å². The second kappa shape index (κ2) is 10.0. The van der Waals surface area contributed by atoms with Gasteiger partial charge in [0.15, 0.2) is 0 Å². The van der Waals surface area contributed by atoms with E-state index in [9.17, 15) is 9.90 Å². The molecular weight excluding hydrogens is 308 g/mol. The Labute approximate surface area is 144 Å². The number of carbonyl (C=O) groups is 1. The molecule has 1 amide bonds. The zero-order chi connectivity index (χ0) is 17.4. The molecule has 0 saturated carbocycles. The van der Waals surface area contributed by atoms with E-state index in [0.717, 1.165) is 30.0 Å². The van der Waals surface area contributed by atoms with Crippen LogP contribution in [0.1, 0.15) is 77.1 Å². The van der Waals surface area contributed by atoms with Crippen molar-refractivity contribution in [3.05, 3.63) is 16.1 Å². The second-order valence-corrected chi connectivity index (χ2v) is 7.27. The topological polar surface area (TPSA) is 53.4 Å². The minimum atomic E-state index is -0.597. The maximum absolute atomic E-state index is 12.5. The summed E-state index contributed by atoms with van der Waals surface area (Å²) in [6.07, 6.45) is 3.39. The Kier molecular flexibility index (Phi) is 8.77. The number of thiazole rings is 1. The number of hydrogen-bond donors (Lipinski definition) is 1. The molecule has 0 aromatic carbocycles. The van der Waals surface area contributed by atoms with Crippen LogP contribution in [0.3, 0.4) is 0 Å². The van der Waals surface area contributed by atoms with E-state index in [1.54, 1.807) is 0 Å². The fourth-order valence-electron chi connectivity index (χ4n) is 2.79. The first-order chi connectivity index (χ1) is 10.9. The maximum Gasteiger partial charge on any atom is 0.222 e. The Morgan fingerprint density at radius 2 is 2.04 bits per heavy atom. The van der Waals surface area contributed by atoms with Gasteiger partial charge in [0.2, 0.25) is 5.91 Å². The van der Waals surface area contributed by atoms with Crippen LogP contribution in [0.15, 0.2) is 5.38 Å². The van der Waals surface area contributed by atoms with Gasteiger partial charge in [0.25, 0.3) is 0 Å². The summed E-state index contributed by atoms with van der Waals surface area (Å²) in [5.41, 5.74) is 1.02. The number of aliphatic hydroxyl groups excluding tert-OH is 1. The van der Waals surface area contributed by atoms with Gasteiger partial charge in [-0.25, -0.2) is 4.98 Å². The largest absolute Gasteiger partial charge is 0.386 e. The lowest BCUT2D eigenvalue weighted by Crippen LogP contribution is -2.44. The Bertz CT molecular complexity index is 473. The number of carbonyl (C=O) groups excluding carboxylic acids is 1. The number of aliphatic hydroxyl groups is 1. The van der Waals surface area contributed by atoms with Crippen LogP contribution in [0.5, 0.6) is 0 Å². The number of unbranched alkanes of at least 4 members (excludes halogenated alkanes) is 1. The number of aromatic nitrogens is 1. The summed E-state index contributed by atoms with van der Waals surface area (Å²) in [7, 11) is 0. The van der Waals surface area contributed by atoms with Crippen molar-refractivity contribution in [1.29, 1.82) is 0 Å². The van der Waals surface area contributed by atoms with E-state index in [-0.39, 0.29) is 11.9 Å². The lowest BCUT2D eigenvalue weighted by Gasteiger charge is -2.35. The monoisotopic (exact) mass is 340 g/mol. The van der Waals surface area contributed by atoms with Crippen LogP contribution >= 0.6 is 11.3 Å². The molecule has 0 saturated heterocycles. The highest BCUT2D eigenvalue weighted by Crippen LogP contribution is 2.27. The highest BCUT2D eigenvalue weighted by atomic mass is 32.1. The van der Waals surface area contributed by atoms with E-state index in [2.05, 4.69) is 32.7 Å². The van der Waals surface area contributed by atoms with E-state index >= 15 is 0 Å². The number of amides is 1. The molecule has 0 radical (unpaired) electrons. The molecule has 5 heteroatoms. The molecule has 2 unspecified atom stereocenters. The molecule has 1 rings (SSSR count). The average Bonchev–Trinajstić information content (AvgIpc) is 3.01. The molecule has 0 spiro atoms. The zero-order valence-corrected chi connectivity index (χ0v) is 16.0.